The minimum atomic E-state index is -4.55. The largest absolute Gasteiger partial charge is 0.337 e. The van der Waals surface area contributed by atoms with Crippen LogP contribution in [0.25, 0.3) is 0 Å². The van der Waals surface area contributed by atoms with Crippen molar-refractivity contribution in [1.82, 2.24) is 5.32 Å². The number of nitrogens with one attached hydrogen (secondary N) is 1. The monoisotopic (exact) mass is 1010 g/mol. The average Bonchev–Trinajstić information content (AvgIpc) is 2.62. The van der Waals surface area contributed by atoms with Crippen molar-refractivity contribution in [3.63, 3.8) is 0 Å². The molecule has 0 aromatic heterocycles. The van der Waals surface area contributed by atoms with E-state index in [4.69, 9.17) is 109 Å². The summed E-state index contributed by atoms with van der Waals surface area (Å²) in [6.45, 7) is 3.13. The fraction of sp³-hybridized carbons (Fsp3) is 1.00. The van der Waals surface area contributed by atoms with Crippen LogP contribution < -0.4 is 16.8 Å². The van der Waals surface area contributed by atoms with Gasteiger partial charge >= 0.3 is 76.0 Å². The van der Waals surface area contributed by atoms with Crippen molar-refractivity contribution in [3.05, 3.63) is 0 Å². The first-order chi connectivity index (χ1) is 21.9. The normalized spacial score (nSPS) is 12.9. The van der Waals surface area contributed by atoms with Crippen molar-refractivity contribution in [2.45, 2.75) is 0 Å². The van der Waals surface area contributed by atoms with E-state index in [1.807, 2.05) is 0 Å². The molecule has 0 atom stereocenters. The van der Waals surface area contributed by atoms with Crippen LogP contribution >= 0.6 is 76.0 Å². The van der Waals surface area contributed by atoms with Crippen molar-refractivity contribution in [2.75, 3.05) is 55.7 Å². The molecule has 25 N–H and O–H groups in total. The van der Waals surface area contributed by atoms with E-state index in [0.29, 0.717) is 13.1 Å². The molecule has 0 rings (SSSR count). The number of rotatable bonds is 14. The van der Waals surface area contributed by atoms with Crippen LogP contribution in [0.2, 0.25) is 0 Å². The summed E-state index contributed by atoms with van der Waals surface area (Å²) in [5.74, 6) is -6.88. The van der Waals surface area contributed by atoms with Crippen LogP contribution in [-0.4, -0.2) is 183 Å². The molecule has 0 spiro atoms. The molecule has 0 saturated heterocycles. The molecule has 0 heterocycles. The molecule has 0 unspecified atom stereocenters. The third-order valence-electron chi connectivity index (χ3n) is 2.48. The van der Waals surface area contributed by atoms with Crippen LogP contribution in [0.3, 0.4) is 0 Å². The molecule has 0 aromatic carbocycles. The summed E-state index contributed by atoms with van der Waals surface area (Å²) in [7, 11) is -45.5. The average molecular weight is 1010 g/mol. The fourth-order valence-electron chi connectivity index (χ4n) is 1.53. The molecule has 0 aliphatic rings. The zero-order valence-corrected chi connectivity index (χ0v) is 37.5. The van der Waals surface area contributed by atoms with Gasteiger partial charge in [-0.3, -0.25) is 45.7 Å². The van der Waals surface area contributed by atoms with Gasteiger partial charge in [0.25, 0.3) is 0 Å². The standard InChI is InChI=1S/C4H13N3.5CH6O6P2.Na/c5-1-3-7-4-2-6;5*2-8(3,4)1-9(5,6)7;/h7H,1-6H2;5*1H2,(H2,2,3,4)(H2,5,6,7);. The molecule has 0 amide bonds. The molecule has 0 aliphatic carbocycles. The second kappa shape index (κ2) is 29.6. The zero-order chi connectivity index (χ0) is 44.1. The van der Waals surface area contributed by atoms with E-state index >= 15 is 0 Å². The van der Waals surface area contributed by atoms with Crippen molar-refractivity contribution < 1.29 is 144 Å². The van der Waals surface area contributed by atoms with Crippen LogP contribution in [0, 0.1) is 0 Å². The van der Waals surface area contributed by atoms with Gasteiger partial charge in [-0.25, -0.2) is 0 Å². The number of nitrogens with two attached hydrogens (primary N) is 2. The van der Waals surface area contributed by atoms with E-state index in [0.717, 1.165) is 13.1 Å². The maximum Gasteiger partial charge on any atom is 0.337 e. The summed E-state index contributed by atoms with van der Waals surface area (Å²) < 4.78 is 98.5. The Bertz CT molecular complexity index is 1110. The van der Waals surface area contributed by atoms with Crippen LogP contribution in [0.4, 0.5) is 0 Å². The quantitative estimate of drug-likeness (QED) is 0.0439. The summed E-state index contributed by atoms with van der Waals surface area (Å²) >= 11 is 0. The molecule has 325 valence electrons. The second-order valence-corrected chi connectivity index (χ2v) is 27.6. The number of hydrogen-bond acceptors (Lipinski definition) is 13. The van der Waals surface area contributed by atoms with Crippen LogP contribution in [-0.2, 0) is 45.7 Å². The smallest absolute Gasteiger partial charge is 0.329 e. The Hall–Kier alpha value is 2.38. The molecule has 1 radical (unpaired) electrons. The second-order valence-electron chi connectivity index (χ2n) is 8.68. The van der Waals surface area contributed by atoms with E-state index in [-0.39, 0.29) is 29.6 Å². The van der Waals surface area contributed by atoms with Crippen molar-refractivity contribution >= 4 is 106 Å². The Morgan fingerprint density at radius 1 is 0.283 bits per heavy atom. The van der Waals surface area contributed by atoms with Gasteiger partial charge in [0, 0.05) is 55.7 Å². The molecule has 0 fully saturated rings. The first-order valence-corrected chi connectivity index (χ1v) is 29.5. The predicted octanol–water partition coefficient (Wildman–Crippen LogP) is -5.39. The molecule has 0 aromatic rings. The van der Waals surface area contributed by atoms with Crippen molar-refractivity contribution in [2.24, 2.45) is 11.5 Å². The predicted molar refractivity (Wildman–Crippen MR) is 182 cm³/mol. The Balaban J connectivity index is -0.0000000956. The van der Waals surface area contributed by atoms with E-state index in [9.17, 15) is 45.7 Å². The van der Waals surface area contributed by atoms with Crippen LogP contribution in [0.15, 0.2) is 0 Å². The molecule has 0 saturated carbocycles. The van der Waals surface area contributed by atoms with Gasteiger partial charge in [0.15, 0.2) is 29.5 Å². The molecule has 53 heavy (non-hydrogen) atoms. The Kier molecular flexibility index (Phi) is 39.0. The van der Waals surface area contributed by atoms with Crippen molar-refractivity contribution in [1.29, 1.82) is 0 Å². The SMILES string of the molecule is NCCNCCN.O=P(O)(O)CP(=O)(O)O.O=P(O)(O)CP(=O)(O)O.O=P(O)(O)CP(=O)(O)O.O=P(O)(O)CP(=O)(O)O.O=P(O)(O)CP(=O)(O)O.[Na]. The summed E-state index contributed by atoms with van der Waals surface area (Å²) in [5.41, 5.74) is 10.3. The topological polar surface area (TPSA) is 639 Å². The first-order valence-electron chi connectivity index (χ1n) is 11.5. The third-order valence-corrected chi connectivity index (χ3v) is 17.2. The van der Waals surface area contributed by atoms with E-state index in [2.05, 4.69) is 5.32 Å². The Labute approximate surface area is 320 Å². The third kappa shape index (κ3) is 113. The van der Waals surface area contributed by atoms with Gasteiger partial charge in [-0.05, 0) is 0 Å². The summed E-state index contributed by atoms with van der Waals surface area (Å²) in [5, 5.41) is 3.03. The van der Waals surface area contributed by atoms with Gasteiger partial charge in [0.05, 0.1) is 0 Å². The molecule has 0 bridgehead atoms. The first kappa shape index (κ1) is 70.0. The van der Waals surface area contributed by atoms with E-state index in [1.165, 1.54) is 0 Å². The van der Waals surface area contributed by atoms with Gasteiger partial charge in [-0.1, -0.05) is 0 Å². The van der Waals surface area contributed by atoms with Crippen molar-refractivity contribution in [3.8, 4) is 0 Å². The van der Waals surface area contributed by atoms with Gasteiger partial charge in [-0.15, -0.1) is 0 Å². The molecule has 0 aliphatic heterocycles. The van der Waals surface area contributed by atoms with Crippen LogP contribution in [0.5, 0.6) is 0 Å². The summed E-state index contributed by atoms with van der Waals surface area (Å²) in [6.07, 6.45) is 0. The van der Waals surface area contributed by atoms with Gasteiger partial charge in [0.2, 0.25) is 0 Å². The molecule has 33 nitrogen and oxygen atoms in total. The summed E-state index contributed by atoms with van der Waals surface area (Å²) in [6, 6.07) is 0. The summed E-state index contributed by atoms with van der Waals surface area (Å²) in [4.78, 5) is 159. The molecular weight excluding hydrogens is 963 g/mol. The zero-order valence-electron chi connectivity index (χ0n) is 26.5. The minimum Gasteiger partial charge on any atom is -0.329 e. The van der Waals surface area contributed by atoms with Gasteiger partial charge < -0.3 is 115 Å². The maximum atomic E-state index is 9.85. The Morgan fingerprint density at radius 2 is 0.377 bits per heavy atom. The van der Waals surface area contributed by atoms with Gasteiger partial charge in [0.1, 0.15) is 0 Å². The maximum absolute atomic E-state index is 9.85. The molecule has 44 heteroatoms. The fourth-order valence-corrected chi connectivity index (χ4v) is 11.1. The van der Waals surface area contributed by atoms with E-state index in [1.54, 1.807) is 0 Å². The van der Waals surface area contributed by atoms with E-state index < -0.39 is 105 Å². The van der Waals surface area contributed by atoms with Gasteiger partial charge in [-0.2, -0.15) is 0 Å². The van der Waals surface area contributed by atoms with Crippen LogP contribution in [0.1, 0.15) is 0 Å². The minimum absolute atomic E-state index is 0. The Morgan fingerprint density at radius 3 is 0.415 bits per heavy atom. The number of hydrogen-bond donors (Lipinski definition) is 23. The molecular formula is C9H43N3NaO30P10.